The van der Waals surface area contributed by atoms with E-state index >= 15 is 0 Å². The maximum atomic E-state index is 5.47. The molecule has 0 amide bonds. The van der Waals surface area contributed by atoms with Gasteiger partial charge in [0.1, 0.15) is 5.75 Å². The molecule has 1 aromatic carbocycles. The lowest BCUT2D eigenvalue weighted by Gasteiger charge is -2.06. The molecule has 0 aliphatic carbocycles. The minimum Gasteiger partial charge on any atom is -0.494 e. The Morgan fingerprint density at radius 2 is 2.11 bits per heavy atom. The summed E-state index contributed by atoms with van der Waals surface area (Å²) in [6, 6.07) is 8.17. The number of benzene rings is 1. The molecule has 0 saturated heterocycles. The van der Waals surface area contributed by atoms with Gasteiger partial charge in [0.2, 0.25) is 0 Å². The highest BCUT2D eigenvalue weighted by atomic mass is 16.5. The zero-order chi connectivity index (χ0) is 12.8. The third kappa shape index (κ3) is 3.60. The molecule has 0 fully saturated rings. The second-order valence-corrected chi connectivity index (χ2v) is 4.21. The first-order chi connectivity index (χ1) is 8.78. The first-order valence-electron chi connectivity index (χ1n) is 6.18. The third-order valence-corrected chi connectivity index (χ3v) is 2.63. The Bertz CT molecular complexity index is 493. The van der Waals surface area contributed by atoms with E-state index in [0.29, 0.717) is 6.61 Å². The molecule has 18 heavy (non-hydrogen) atoms. The quantitative estimate of drug-likeness (QED) is 0.847. The predicted octanol–water partition coefficient (Wildman–Crippen LogP) is 2.11. The van der Waals surface area contributed by atoms with E-state index in [1.54, 1.807) is 0 Å². The fourth-order valence-corrected chi connectivity index (χ4v) is 1.83. The average Bonchev–Trinajstić information content (AvgIpc) is 2.76. The van der Waals surface area contributed by atoms with Gasteiger partial charge in [0.05, 0.1) is 12.8 Å². The summed E-state index contributed by atoms with van der Waals surface area (Å²) in [6.07, 6.45) is 3.90. The van der Waals surface area contributed by atoms with Crippen molar-refractivity contribution in [2.45, 2.75) is 20.0 Å². The molecule has 4 nitrogen and oxygen atoms in total. The summed E-state index contributed by atoms with van der Waals surface area (Å²) in [5, 5.41) is 7.53. The molecule has 4 heteroatoms. The molecule has 1 N–H and O–H groups in total. The highest BCUT2D eigenvalue weighted by Gasteiger charge is 1.98. The van der Waals surface area contributed by atoms with Crippen LogP contribution in [-0.2, 0) is 20.1 Å². The van der Waals surface area contributed by atoms with Crippen molar-refractivity contribution in [1.82, 2.24) is 15.1 Å². The second kappa shape index (κ2) is 6.21. The summed E-state index contributed by atoms with van der Waals surface area (Å²) in [7, 11) is 1.93. The van der Waals surface area contributed by atoms with Crippen LogP contribution in [0, 0.1) is 0 Å². The molecule has 2 rings (SSSR count). The Hall–Kier alpha value is -1.81. The Kier molecular flexibility index (Phi) is 4.36. The molecule has 0 atom stereocenters. The van der Waals surface area contributed by atoms with Crippen LogP contribution in [0.2, 0.25) is 0 Å². The molecular weight excluding hydrogens is 226 g/mol. The van der Waals surface area contributed by atoms with Crippen LogP contribution < -0.4 is 10.1 Å². The minimum absolute atomic E-state index is 0.701. The van der Waals surface area contributed by atoms with Crippen LogP contribution >= 0.6 is 0 Å². The van der Waals surface area contributed by atoms with Crippen LogP contribution in [0.1, 0.15) is 18.1 Å². The zero-order valence-electron chi connectivity index (χ0n) is 10.9. The van der Waals surface area contributed by atoms with Gasteiger partial charge in [0.15, 0.2) is 0 Å². The van der Waals surface area contributed by atoms with Crippen molar-refractivity contribution in [3.8, 4) is 5.75 Å². The lowest BCUT2D eigenvalue weighted by Crippen LogP contribution is -2.12. The van der Waals surface area contributed by atoms with E-state index in [4.69, 9.17) is 4.74 Å². The summed E-state index contributed by atoms with van der Waals surface area (Å²) in [5.41, 5.74) is 2.42. The molecule has 2 aromatic rings. The number of rotatable bonds is 6. The number of nitrogens with zero attached hydrogens (tertiary/aromatic N) is 2. The van der Waals surface area contributed by atoms with Crippen molar-refractivity contribution in [1.29, 1.82) is 0 Å². The summed E-state index contributed by atoms with van der Waals surface area (Å²) in [5.74, 6) is 0.929. The molecular formula is C14H19N3O. The lowest BCUT2D eigenvalue weighted by atomic mass is 10.2. The Morgan fingerprint density at radius 1 is 1.28 bits per heavy atom. The van der Waals surface area contributed by atoms with Gasteiger partial charge in [-0.15, -0.1) is 0 Å². The van der Waals surface area contributed by atoms with Crippen molar-refractivity contribution in [3.05, 3.63) is 47.8 Å². The number of hydrogen-bond acceptors (Lipinski definition) is 3. The van der Waals surface area contributed by atoms with Gasteiger partial charge in [0.25, 0.3) is 0 Å². The van der Waals surface area contributed by atoms with E-state index in [1.165, 1.54) is 11.1 Å². The number of aryl methyl sites for hydroxylation is 1. The fraction of sp³-hybridized carbons (Fsp3) is 0.357. The first-order valence-corrected chi connectivity index (χ1v) is 6.18. The molecule has 96 valence electrons. The van der Waals surface area contributed by atoms with Crippen LogP contribution in [-0.4, -0.2) is 16.4 Å². The zero-order valence-corrected chi connectivity index (χ0v) is 10.9. The summed E-state index contributed by atoms with van der Waals surface area (Å²) in [4.78, 5) is 0. The van der Waals surface area contributed by atoms with Gasteiger partial charge in [-0.2, -0.15) is 5.10 Å². The van der Waals surface area contributed by atoms with E-state index in [-0.39, 0.29) is 0 Å². The van der Waals surface area contributed by atoms with E-state index in [0.717, 1.165) is 18.8 Å². The highest BCUT2D eigenvalue weighted by Crippen LogP contribution is 2.13. The first kappa shape index (κ1) is 12.6. The van der Waals surface area contributed by atoms with E-state index in [2.05, 4.69) is 22.5 Å². The number of hydrogen-bond donors (Lipinski definition) is 1. The minimum atomic E-state index is 0.701. The highest BCUT2D eigenvalue weighted by molar-refractivity contribution is 5.28. The van der Waals surface area contributed by atoms with Crippen molar-refractivity contribution >= 4 is 0 Å². The predicted molar refractivity (Wildman–Crippen MR) is 71.4 cm³/mol. The molecule has 0 spiro atoms. The topological polar surface area (TPSA) is 39.1 Å². The van der Waals surface area contributed by atoms with Gasteiger partial charge in [0, 0.05) is 31.9 Å². The van der Waals surface area contributed by atoms with Crippen LogP contribution in [0.25, 0.3) is 0 Å². The van der Waals surface area contributed by atoms with Gasteiger partial charge in [-0.3, -0.25) is 4.68 Å². The van der Waals surface area contributed by atoms with Gasteiger partial charge in [-0.1, -0.05) is 12.1 Å². The summed E-state index contributed by atoms with van der Waals surface area (Å²) < 4.78 is 7.29. The third-order valence-electron chi connectivity index (χ3n) is 2.63. The maximum absolute atomic E-state index is 5.47. The van der Waals surface area contributed by atoms with Crippen LogP contribution in [0.4, 0.5) is 0 Å². The Morgan fingerprint density at radius 3 is 2.83 bits per heavy atom. The van der Waals surface area contributed by atoms with Crippen LogP contribution in [0.5, 0.6) is 5.75 Å². The monoisotopic (exact) mass is 245 g/mol. The molecule has 0 bridgehead atoms. The molecule has 0 unspecified atom stereocenters. The van der Waals surface area contributed by atoms with Crippen molar-refractivity contribution in [3.63, 3.8) is 0 Å². The Labute approximate surface area is 108 Å². The average molecular weight is 245 g/mol. The SMILES string of the molecule is CCOc1cccc(CNCc2cnn(C)c2)c1. The number of nitrogens with one attached hydrogen (secondary N) is 1. The van der Waals surface area contributed by atoms with E-state index < -0.39 is 0 Å². The molecule has 0 aliphatic heterocycles. The molecule has 1 heterocycles. The van der Waals surface area contributed by atoms with Gasteiger partial charge >= 0.3 is 0 Å². The van der Waals surface area contributed by atoms with E-state index in [1.807, 2.05) is 43.2 Å². The van der Waals surface area contributed by atoms with Gasteiger partial charge < -0.3 is 10.1 Å². The number of aromatic nitrogens is 2. The largest absolute Gasteiger partial charge is 0.494 e. The maximum Gasteiger partial charge on any atom is 0.119 e. The summed E-state index contributed by atoms with van der Waals surface area (Å²) in [6.45, 7) is 4.35. The van der Waals surface area contributed by atoms with Gasteiger partial charge in [-0.05, 0) is 24.6 Å². The lowest BCUT2D eigenvalue weighted by molar-refractivity contribution is 0.340. The van der Waals surface area contributed by atoms with E-state index in [9.17, 15) is 0 Å². The molecule has 0 radical (unpaired) electrons. The Balaban J connectivity index is 1.84. The fourth-order valence-electron chi connectivity index (χ4n) is 1.83. The van der Waals surface area contributed by atoms with Crippen molar-refractivity contribution < 1.29 is 4.74 Å². The van der Waals surface area contributed by atoms with Gasteiger partial charge in [-0.25, -0.2) is 0 Å². The van der Waals surface area contributed by atoms with Crippen LogP contribution in [0.15, 0.2) is 36.7 Å². The normalized spacial score (nSPS) is 10.6. The standard InChI is InChI=1S/C14H19N3O/c1-3-18-14-6-4-5-12(7-14)8-15-9-13-10-16-17(2)11-13/h4-7,10-11,15H,3,8-9H2,1-2H3. The van der Waals surface area contributed by atoms with Crippen molar-refractivity contribution in [2.75, 3.05) is 6.61 Å². The van der Waals surface area contributed by atoms with Crippen LogP contribution in [0.3, 0.4) is 0 Å². The molecule has 1 aromatic heterocycles. The second-order valence-electron chi connectivity index (χ2n) is 4.21. The van der Waals surface area contributed by atoms with Crippen molar-refractivity contribution in [2.24, 2.45) is 7.05 Å². The molecule has 0 saturated carbocycles. The smallest absolute Gasteiger partial charge is 0.119 e. The molecule has 0 aliphatic rings. The summed E-state index contributed by atoms with van der Waals surface area (Å²) >= 11 is 0. The number of ether oxygens (including phenoxy) is 1.